The number of nitrogens with zero attached hydrogens (tertiary/aromatic N) is 2. The first-order valence-electron chi connectivity index (χ1n) is 27.6. The molecule has 2 heterocycles. The maximum absolute atomic E-state index is 2.59. The van der Waals surface area contributed by atoms with Crippen molar-refractivity contribution in [3.05, 3.63) is 240 Å². The van der Waals surface area contributed by atoms with E-state index < -0.39 is 0 Å². The van der Waals surface area contributed by atoms with Gasteiger partial charge >= 0.3 is 0 Å². The lowest BCUT2D eigenvalue weighted by atomic mass is 9.83. The van der Waals surface area contributed by atoms with Gasteiger partial charge in [-0.05, 0) is 165 Å². The summed E-state index contributed by atoms with van der Waals surface area (Å²) in [5.41, 5.74) is 19.9. The van der Waals surface area contributed by atoms with Gasteiger partial charge in [0.2, 0.25) is 0 Å². The number of anilines is 6. The minimum Gasteiger partial charge on any atom is -0.309 e. The fourth-order valence-corrected chi connectivity index (χ4v) is 15.6. The van der Waals surface area contributed by atoms with Crippen molar-refractivity contribution < 1.29 is 0 Å². The van der Waals surface area contributed by atoms with Crippen LogP contribution in [0.3, 0.4) is 0 Å². The van der Waals surface area contributed by atoms with Gasteiger partial charge in [0.15, 0.2) is 0 Å². The highest BCUT2D eigenvalue weighted by atomic mass is 32.1. The number of benzene rings is 12. The number of para-hydroxylation sites is 2. The second-order valence-electron chi connectivity index (χ2n) is 22.1. The Kier molecular flexibility index (Phi) is 11.6. The first kappa shape index (κ1) is 48.1. The van der Waals surface area contributed by atoms with Gasteiger partial charge in [-0.1, -0.05) is 185 Å². The average Bonchev–Trinajstić information content (AvgIpc) is 4.03. The van der Waals surface area contributed by atoms with Crippen LogP contribution in [-0.2, 0) is 0 Å². The summed E-state index contributed by atoms with van der Waals surface area (Å²) in [5, 5.41) is 13.0. The van der Waals surface area contributed by atoms with Gasteiger partial charge in [0.05, 0.1) is 22.7 Å². The van der Waals surface area contributed by atoms with Crippen molar-refractivity contribution in [3.8, 4) is 22.3 Å². The highest BCUT2D eigenvalue weighted by Crippen LogP contribution is 2.54. The Morgan fingerprint density at radius 1 is 0.321 bits per heavy atom. The Morgan fingerprint density at radius 3 is 1.10 bits per heavy atom. The summed E-state index contributed by atoms with van der Waals surface area (Å²) in [6.45, 7) is 18.7. The molecule has 0 radical (unpaired) electrons. The van der Waals surface area contributed by atoms with Crippen LogP contribution in [0.1, 0.15) is 72.9 Å². The van der Waals surface area contributed by atoms with E-state index in [0.717, 1.165) is 11.4 Å². The summed E-state index contributed by atoms with van der Waals surface area (Å²) >= 11 is 3.80. The van der Waals surface area contributed by atoms with E-state index in [4.69, 9.17) is 0 Å². The first-order valence-corrected chi connectivity index (χ1v) is 29.2. The van der Waals surface area contributed by atoms with Gasteiger partial charge in [-0.3, -0.25) is 0 Å². The third-order valence-electron chi connectivity index (χ3n) is 16.8. The molecule has 0 unspecified atom stereocenters. The van der Waals surface area contributed by atoms with Gasteiger partial charge in [0.25, 0.3) is 0 Å². The second kappa shape index (κ2) is 18.7. The smallest absolute Gasteiger partial charge is 0.0543 e. The SMILES string of the molecule is Cc1ccc(-c2cccc3c2sc2ccccc23)c(C)c1N(c1ccccc1)c1cc(C(C)C)c2ccc3c(N(c4ccccc4)c4c(C)ccc(-c5cccc6c5sc5ccccc56)c4C)cc(C(C)C)c4ccc1c2c43. The van der Waals surface area contributed by atoms with E-state index in [0.29, 0.717) is 0 Å². The summed E-state index contributed by atoms with van der Waals surface area (Å²) in [5.74, 6) is 0.515. The predicted molar refractivity (Wildman–Crippen MR) is 343 cm³/mol. The molecule has 78 heavy (non-hydrogen) atoms. The molecule has 0 fully saturated rings. The molecule has 4 heteroatoms. The van der Waals surface area contributed by atoms with Gasteiger partial charge in [0.1, 0.15) is 0 Å². The van der Waals surface area contributed by atoms with E-state index in [-0.39, 0.29) is 11.8 Å². The Morgan fingerprint density at radius 2 is 0.692 bits per heavy atom. The minimum absolute atomic E-state index is 0.258. The zero-order valence-corrected chi connectivity index (χ0v) is 47.1. The number of rotatable bonds is 10. The number of thiophene rings is 2. The molecule has 0 amide bonds. The normalized spacial score (nSPS) is 12.1. The molecule has 12 aromatic carbocycles. The molecule has 0 atom stereocenters. The lowest BCUT2D eigenvalue weighted by Crippen LogP contribution is -2.15. The molecule has 14 aromatic rings. The number of hydrogen-bond acceptors (Lipinski definition) is 4. The van der Waals surface area contributed by atoms with Crippen molar-refractivity contribution in [2.45, 2.75) is 67.2 Å². The summed E-state index contributed by atoms with van der Waals surface area (Å²) < 4.78 is 5.31. The topological polar surface area (TPSA) is 6.48 Å². The van der Waals surface area contributed by atoms with Crippen LogP contribution in [0, 0.1) is 27.7 Å². The van der Waals surface area contributed by atoms with Crippen molar-refractivity contribution in [2.75, 3.05) is 9.80 Å². The second-order valence-corrected chi connectivity index (χ2v) is 24.2. The molecule has 2 nitrogen and oxygen atoms in total. The first-order chi connectivity index (χ1) is 38.0. The van der Waals surface area contributed by atoms with Crippen molar-refractivity contribution in [2.24, 2.45) is 0 Å². The molecule has 0 spiro atoms. The predicted octanol–water partition coefficient (Wildman–Crippen LogP) is 23.1. The van der Waals surface area contributed by atoms with Crippen LogP contribution in [0.4, 0.5) is 34.1 Å². The molecular formula is C74H60N2S2. The maximum Gasteiger partial charge on any atom is 0.0543 e. The van der Waals surface area contributed by atoms with Crippen molar-refractivity contribution in [1.29, 1.82) is 0 Å². The monoisotopic (exact) mass is 1040 g/mol. The van der Waals surface area contributed by atoms with Gasteiger partial charge in [-0.25, -0.2) is 0 Å². The Balaban J connectivity index is 1.05. The minimum atomic E-state index is 0.258. The molecule has 2 aromatic heterocycles. The van der Waals surface area contributed by atoms with Crippen LogP contribution in [0.25, 0.3) is 94.9 Å². The summed E-state index contributed by atoms with van der Waals surface area (Å²) in [7, 11) is 0. The molecule has 0 aliphatic heterocycles. The quantitative estimate of drug-likeness (QED) is 0.126. The van der Waals surface area contributed by atoms with E-state index in [1.54, 1.807) is 0 Å². The molecule has 0 saturated carbocycles. The molecule has 0 saturated heterocycles. The number of aryl methyl sites for hydroxylation is 2. The third kappa shape index (κ3) is 7.41. The highest BCUT2D eigenvalue weighted by molar-refractivity contribution is 7.26. The van der Waals surface area contributed by atoms with E-state index in [2.05, 4.69) is 271 Å². The molecule has 0 aliphatic carbocycles. The standard InChI is InChI=1S/C74H60N2S2/c1-43(2)63-41-65(75(49-21-11-9-12-22-49)71-45(5)33-35-51(47(71)7)57-27-19-29-59-53-25-15-17-31-67(53)77-73(57)59)61-40-38-56-64(44(3)4)42-66(62-39-37-55(63)69(61)70(56)62)76(50-23-13-10-14-24-50)72-46(6)34-36-52(48(72)8)58-28-20-30-60-54-26-16-18-32-68(54)78-74(58)60/h9-44H,1-8H3. The largest absolute Gasteiger partial charge is 0.309 e. The van der Waals surface area contributed by atoms with Gasteiger partial charge in [-0.15, -0.1) is 22.7 Å². The van der Waals surface area contributed by atoms with Gasteiger partial charge in [0, 0.05) is 62.5 Å². The van der Waals surface area contributed by atoms with Crippen molar-refractivity contribution in [3.63, 3.8) is 0 Å². The Hall–Kier alpha value is -8.28. The van der Waals surface area contributed by atoms with E-state index >= 15 is 0 Å². The van der Waals surface area contributed by atoms with Crippen LogP contribution in [0.5, 0.6) is 0 Å². The fraction of sp³-hybridized carbons (Fsp3) is 0.135. The average molecular weight is 1040 g/mol. The molecule has 378 valence electrons. The zero-order chi connectivity index (χ0) is 53.1. The third-order valence-corrected chi connectivity index (χ3v) is 19.2. The molecule has 0 aliphatic rings. The lowest BCUT2D eigenvalue weighted by Gasteiger charge is -2.34. The molecule has 14 rings (SSSR count). The van der Waals surface area contributed by atoms with Crippen LogP contribution in [0.2, 0.25) is 0 Å². The van der Waals surface area contributed by atoms with Crippen molar-refractivity contribution in [1.82, 2.24) is 0 Å². The van der Waals surface area contributed by atoms with Crippen LogP contribution < -0.4 is 9.80 Å². The summed E-state index contributed by atoms with van der Waals surface area (Å²) in [6, 6.07) is 77.8. The van der Waals surface area contributed by atoms with Crippen molar-refractivity contribution >= 4 is 129 Å². The number of hydrogen-bond donors (Lipinski definition) is 0. The summed E-state index contributed by atoms with van der Waals surface area (Å²) in [4.78, 5) is 5.18. The van der Waals surface area contributed by atoms with E-state index in [9.17, 15) is 0 Å². The number of fused-ring (bicyclic) bond motifs is 6. The molecular weight excluding hydrogens is 981 g/mol. The molecule has 0 bridgehead atoms. The van der Waals surface area contributed by atoms with Gasteiger partial charge < -0.3 is 9.80 Å². The highest BCUT2D eigenvalue weighted by Gasteiger charge is 2.29. The Labute approximate surface area is 465 Å². The van der Waals surface area contributed by atoms with Crippen LogP contribution in [-0.4, -0.2) is 0 Å². The lowest BCUT2D eigenvalue weighted by molar-refractivity contribution is 0.875. The van der Waals surface area contributed by atoms with Crippen LogP contribution in [0.15, 0.2) is 206 Å². The zero-order valence-electron chi connectivity index (χ0n) is 45.5. The van der Waals surface area contributed by atoms with E-state index in [1.165, 1.54) is 151 Å². The van der Waals surface area contributed by atoms with E-state index in [1.807, 2.05) is 22.7 Å². The summed E-state index contributed by atoms with van der Waals surface area (Å²) in [6.07, 6.45) is 0. The fourth-order valence-electron chi connectivity index (χ4n) is 13.1. The Bertz CT molecular complexity index is 4370. The molecule has 0 N–H and O–H groups in total. The maximum atomic E-state index is 2.59. The van der Waals surface area contributed by atoms with Gasteiger partial charge in [-0.2, -0.15) is 0 Å². The van der Waals surface area contributed by atoms with Crippen LogP contribution >= 0.6 is 22.7 Å².